The van der Waals surface area contributed by atoms with Crippen molar-refractivity contribution in [2.45, 2.75) is 25.8 Å². The smallest absolute Gasteiger partial charge is 0.337 e. The topological polar surface area (TPSA) is 98.1 Å². The number of aromatic nitrogens is 3. The van der Waals surface area contributed by atoms with Crippen LogP contribution >= 0.6 is 0 Å². The Labute approximate surface area is 145 Å². The lowest BCUT2D eigenvalue weighted by atomic mass is 10.1. The standard InChI is InChI=1S/C17H21N5O3/c1-11-15(20-21-22(11)14-6-8-18-9-7-14)16(23)19-13-5-3-4-12(10-13)17(24)25-2/h3-5,10,14,18H,6-9H2,1-2H3,(H,19,23). The lowest BCUT2D eigenvalue weighted by Crippen LogP contribution is -2.30. The van der Waals surface area contributed by atoms with Crippen molar-refractivity contribution in [2.75, 3.05) is 25.5 Å². The fourth-order valence-corrected chi connectivity index (χ4v) is 2.98. The highest BCUT2D eigenvalue weighted by molar-refractivity contribution is 6.04. The number of methoxy groups -OCH3 is 1. The number of benzene rings is 1. The van der Waals surface area contributed by atoms with Gasteiger partial charge in [-0.05, 0) is 51.1 Å². The van der Waals surface area contributed by atoms with Crippen molar-refractivity contribution in [3.05, 3.63) is 41.2 Å². The molecule has 0 radical (unpaired) electrons. The molecule has 1 fully saturated rings. The summed E-state index contributed by atoms with van der Waals surface area (Å²) in [5.74, 6) is -0.802. The maximum atomic E-state index is 12.5. The van der Waals surface area contributed by atoms with Gasteiger partial charge in [0.2, 0.25) is 0 Å². The summed E-state index contributed by atoms with van der Waals surface area (Å²) < 4.78 is 6.52. The summed E-state index contributed by atoms with van der Waals surface area (Å²) in [6.45, 7) is 3.72. The van der Waals surface area contributed by atoms with Gasteiger partial charge in [0.15, 0.2) is 5.69 Å². The van der Waals surface area contributed by atoms with E-state index in [1.54, 1.807) is 24.3 Å². The Balaban J connectivity index is 1.75. The van der Waals surface area contributed by atoms with Crippen molar-refractivity contribution in [1.29, 1.82) is 0 Å². The monoisotopic (exact) mass is 343 g/mol. The first-order valence-electron chi connectivity index (χ1n) is 8.22. The predicted octanol–water partition coefficient (Wildman–Crippen LogP) is 1.55. The molecule has 132 valence electrons. The molecule has 8 heteroatoms. The molecule has 0 aliphatic carbocycles. The third-order valence-electron chi connectivity index (χ3n) is 4.34. The lowest BCUT2D eigenvalue weighted by molar-refractivity contribution is 0.0600. The SMILES string of the molecule is COC(=O)c1cccc(NC(=O)c2nnn(C3CCNCC3)c2C)c1. The second kappa shape index (κ2) is 7.43. The van der Waals surface area contributed by atoms with Gasteiger partial charge in [0.05, 0.1) is 24.4 Å². The molecule has 0 spiro atoms. The lowest BCUT2D eigenvalue weighted by Gasteiger charge is -2.23. The summed E-state index contributed by atoms with van der Waals surface area (Å²) in [6, 6.07) is 6.84. The molecule has 25 heavy (non-hydrogen) atoms. The van der Waals surface area contributed by atoms with E-state index in [-0.39, 0.29) is 11.9 Å². The Bertz CT molecular complexity index is 780. The van der Waals surface area contributed by atoms with Gasteiger partial charge >= 0.3 is 5.97 Å². The van der Waals surface area contributed by atoms with E-state index in [4.69, 9.17) is 0 Å². The van der Waals surface area contributed by atoms with Crippen LogP contribution in [0.25, 0.3) is 0 Å². The van der Waals surface area contributed by atoms with Crippen molar-refractivity contribution >= 4 is 17.6 Å². The minimum atomic E-state index is -0.455. The minimum Gasteiger partial charge on any atom is -0.465 e. The molecule has 2 heterocycles. The van der Waals surface area contributed by atoms with E-state index < -0.39 is 5.97 Å². The third-order valence-corrected chi connectivity index (χ3v) is 4.34. The molecular weight excluding hydrogens is 322 g/mol. The first-order valence-corrected chi connectivity index (χ1v) is 8.22. The zero-order valence-electron chi connectivity index (χ0n) is 14.3. The van der Waals surface area contributed by atoms with Crippen molar-refractivity contribution in [1.82, 2.24) is 20.3 Å². The van der Waals surface area contributed by atoms with Gasteiger partial charge in [-0.3, -0.25) is 4.79 Å². The Morgan fingerprint density at radius 3 is 2.80 bits per heavy atom. The van der Waals surface area contributed by atoms with Gasteiger partial charge in [-0.15, -0.1) is 5.10 Å². The molecule has 2 N–H and O–H groups in total. The molecule has 1 aliphatic heterocycles. The number of carbonyl (C=O) groups is 2. The van der Waals surface area contributed by atoms with Gasteiger partial charge in [0, 0.05) is 5.69 Å². The largest absolute Gasteiger partial charge is 0.465 e. The number of hydrogen-bond donors (Lipinski definition) is 2. The van der Waals surface area contributed by atoms with Gasteiger partial charge in [-0.2, -0.15) is 0 Å². The average molecular weight is 343 g/mol. The summed E-state index contributed by atoms with van der Waals surface area (Å²) >= 11 is 0. The molecule has 1 saturated heterocycles. The van der Waals surface area contributed by atoms with Crippen LogP contribution in [0.4, 0.5) is 5.69 Å². The molecular formula is C17H21N5O3. The van der Waals surface area contributed by atoms with Crippen LogP contribution in [-0.2, 0) is 4.74 Å². The zero-order chi connectivity index (χ0) is 17.8. The van der Waals surface area contributed by atoms with E-state index in [1.807, 2.05) is 11.6 Å². The number of carbonyl (C=O) groups excluding carboxylic acids is 2. The first-order chi connectivity index (χ1) is 12.1. The molecule has 1 amide bonds. The second-order valence-corrected chi connectivity index (χ2v) is 5.98. The van der Waals surface area contributed by atoms with Gasteiger partial charge < -0.3 is 15.4 Å². The van der Waals surface area contributed by atoms with Gasteiger partial charge in [-0.1, -0.05) is 11.3 Å². The Morgan fingerprint density at radius 2 is 2.08 bits per heavy atom. The van der Waals surface area contributed by atoms with Gasteiger partial charge in [-0.25, -0.2) is 9.48 Å². The van der Waals surface area contributed by atoms with Crippen LogP contribution in [0.5, 0.6) is 0 Å². The number of nitrogens with zero attached hydrogens (tertiary/aromatic N) is 3. The molecule has 1 aliphatic rings. The predicted molar refractivity (Wildman–Crippen MR) is 91.6 cm³/mol. The maximum Gasteiger partial charge on any atom is 0.337 e. The Hall–Kier alpha value is -2.74. The minimum absolute atomic E-state index is 0.262. The summed E-state index contributed by atoms with van der Waals surface area (Å²) in [6.07, 6.45) is 1.93. The number of hydrogen-bond acceptors (Lipinski definition) is 6. The Morgan fingerprint density at radius 1 is 1.32 bits per heavy atom. The van der Waals surface area contributed by atoms with Crippen LogP contribution in [-0.4, -0.2) is 47.1 Å². The van der Waals surface area contributed by atoms with Gasteiger partial charge in [0.1, 0.15) is 0 Å². The fraction of sp³-hybridized carbons (Fsp3) is 0.412. The first kappa shape index (κ1) is 17.1. The van der Waals surface area contributed by atoms with E-state index in [1.165, 1.54) is 7.11 Å². The van der Waals surface area contributed by atoms with Crippen molar-refractivity contribution in [3.63, 3.8) is 0 Å². The molecule has 2 aromatic rings. The van der Waals surface area contributed by atoms with E-state index in [0.717, 1.165) is 31.6 Å². The van der Waals surface area contributed by atoms with E-state index in [9.17, 15) is 9.59 Å². The maximum absolute atomic E-state index is 12.5. The van der Waals surface area contributed by atoms with Crippen molar-refractivity contribution in [2.24, 2.45) is 0 Å². The fourth-order valence-electron chi connectivity index (χ4n) is 2.98. The number of nitrogens with one attached hydrogen (secondary N) is 2. The highest BCUT2D eigenvalue weighted by Gasteiger charge is 2.23. The van der Waals surface area contributed by atoms with Crippen molar-refractivity contribution < 1.29 is 14.3 Å². The molecule has 0 unspecified atom stereocenters. The highest BCUT2D eigenvalue weighted by atomic mass is 16.5. The normalized spacial score (nSPS) is 15.0. The summed E-state index contributed by atoms with van der Waals surface area (Å²) in [7, 11) is 1.32. The van der Waals surface area contributed by atoms with Crippen LogP contribution in [0.2, 0.25) is 0 Å². The zero-order valence-corrected chi connectivity index (χ0v) is 14.3. The molecule has 3 rings (SSSR count). The molecule has 1 aromatic heterocycles. The van der Waals surface area contributed by atoms with Crippen LogP contribution in [0.15, 0.2) is 24.3 Å². The number of piperidine rings is 1. The van der Waals surface area contributed by atoms with E-state index in [2.05, 4.69) is 25.7 Å². The summed E-state index contributed by atoms with van der Waals surface area (Å²) in [5, 5.41) is 14.3. The number of rotatable bonds is 4. The third kappa shape index (κ3) is 3.69. The number of ether oxygens (including phenoxy) is 1. The second-order valence-electron chi connectivity index (χ2n) is 5.98. The molecule has 8 nitrogen and oxygen atoms in total. The van der Waals surface area contributed by atoms with E-state index >= 15 is 0 Å². The molecule has 1 aromatic carbocycles. The highest BCUT2D eigenvalue weighted by Crippen LogP contribution is 2.21. The van der Waals surface area contributed by atoms with E-state index in [0.29, 0.717) is 16.9 Å². The van der Waals surface area contributed by atoms with Crippen molar-refractivity contribution in [3.8, 4) is 0 Å². The number of esters is 1. The summed E-state index contributed by atoms with van der Waals surface area (Å²) in [4.78, 5) is 24.1. The van der Waals surface area contributed by atoms with Crippen LogP contribution in [0, 0.1) is 6.92 Å². The number of amides is 1. The molecule has 0 bridgehead atoms. The molecule has 0 atom stereocenters. The van der Waals surface area contributed by atoms with Crippen LogP contribution in [0.1, 0.15) is 45.4 Å². The van der Waals surface area contributed by atoms with Crippen LogP contribution in [0.3, 0.4) is 0 Å². The van der Waals surface area contributed by atoms with Gasteiger partial charge in [0.25, 0.3) is 5.91 Å². The quantitative estimate of drug-likeness (QED) is 0.818. The number of anilines is 1. The Kier molecular flexibility index (Phi) is 5.08. The summed E-state index contributed by atoms with van der Waals surface area (Å²) in [5.41, 5.74) is 1.91. The van der Waals surface area contributed by atoms with Crippen LogP contribution < -0.4 is 10.6 Å². The average Bonchev–Trinajstić information content (AvgIpc) is 3.03. The molecule has 0 saturated carbocycles.